The summed E-state index contributed by atoms with van der Waals surface area (Å²) < 4.78 is 0. The maximum Gasteiger partial charge on any atom is 0.242 e. The maximum atomic E-state index is 13.1. The number of carbonyl (C=O) groups excluding carboxylic acids is 2. The van der Waals surface area contributed by atoms with Crippen LogP contribution < -0.4 is 5.32 Å². The Morgan fingerprint density at radius 3 is 2.26 bits per heavy atom. The molecular weight excluding hydrogens is 475 g/mol. The van der Waals surface area contributed by atoms with Crippen LogP contribution in [0.25, 0.3) is 0 Å². The van der Waals surface area contributed by atoms with Crippen molar-refractivity contribution in [1.29, 1.82) is 0 Å². The summed E-state index contributed by atoms with van der Waals surface area (Å²) in [6.07, 6.45) is 0.292. The number of amides is 2. The molecule has 0 aliphatic heterocycles. The third-order valence-corrected chi connectivity index (χ3v) is 6.46. The Hall–Kier alpha value is -1.40. The van der Waals surface area contributed by atoms with E-state index in [1.807, 2.05) is 38.1 Å². The van der Waals surface area contributed by atoms with Gasteiger partial charge in [0, 0.05) is 45.2 Å². The van der Waals surface area contributed by atoms with Crippen LogP contribution in [-0.2, 0) is 16.1 Å². The van der Waals surface area contributed by atoms with Gasteiger partial charge in [0.1, 0.15) is 6.04 Å². The highest BCUT2D eigenvalue weighted by atomic mass is 35.5. The first-order valence-electron chi connectivity index (χ1n) is 10.1. The third-order valence-electron chi connectivity index (χ3n) is 4.61. The van der Waals surface area contributed by atoms with Crippen LogP contribution in [0.2, 0.25) is 15.1 Å². The summed E-state index contributed by atoms with van der Waals surface area (Å²) in [5, 5.41) is 4.57. The molecule has 31 heavy (non-hydrogen) atoms. The van der Waals surface area contributed by atoms with Crippen LogP contribution in [-0.4, -0.2) is 35.1 Å². The molecule has 0 heterocycles. The van der Waals surface area contributed by atoms with Crippen LogP contribution in [0.4, 0.5) is 0 Å². The molecule has 0 radical (unpaired) electrons. The number of rotatable bonds is 10. The first-order chi connectivity index (χ1) is 14.7. The molecule has 0 bridgehead atoms. The lowest BCUT2D eigenvalue weighted by molar-refractivity contribution is -0.140. The molecule has 2 rings (SSSR count). The number of hydrogen-bond acceptors (Lipinski definition) is 3. The van der Waals surface area contributed by atoms with Crippen molar-refractivity contribution in [3.63, 3.8) is 0 Å². The number of benzene rings is 2. The first kappa shape index (κ1) is 25.9. The second-order valence-electron chi connectivity index (χ2n) is 7.62. The summed E-state index contributed by atoms with van der Waals surface area (Å²) in [7, 11) is 0. The molecular formula is C23H27Cl3N2O2S. The molecule has 168 valence electrons. The second kappa shape index (κ2) is 12.6. The van der Waals surface area contributed by atoms with E-state index in [9.17, 15) is 9.59 Å². The quantitative estimate of drug-likeness (QED) is 0.388. The van der Waals surface area contributed by atoms with E-state index in [1.165, 1.54) is 0 Å². The van der Waals surface area contributed by atoms with Crippen molar-refractivity contribution >= 4 is 58.4 Å². The second-order valence-corrected chi connectivity index (χ2v) is 10.1. The minimum absolute atomic E-state index is 0.111. The van der Waals surface area contributed by atoms with E-state index in [0.29, 0.717) is 39.7 Å². The standard InChI is InChI=1S/C23H27Cl3N2O2S/c1-15(2)13-27-23(30)16(3)28(14-17-4-5-19(25)12-21(17)26)22(29)10-11-31-20-8-6-18(24)7-9-20/h4-9,12,15-16H,10-11,13-14H2,1-3H3,(H,27,30)/t16-/m1/s1. The van der Waals surface area contributed by atoms with Gasteiger partial charge in [-0.05, 0) is 54.8 Å². The molecule has 0 aliphatic carbocycles. The van der Waals surface area contributed by atoms with Gasteiger partial charge in [-0.1, -0.05) is 54.7 Å². The van der Waals surface area contributed by atoms with Crippen molar-refractivity contribution in [2.45, 2.75) is 44.7 Å². The van der Waals surface area contributed by atoms with Crippen LogP contribution in [0.3, 0.4) is 0 Å². The van der Waals surface area contributed by atoms with Crippen molar-refractivity contribution in [2.24, 2.45) is 5.92 Å². The van der Waals surface area contributed by atoms with Gasteiger partial charge in [-0.15, -0.1) is 11.8 Å². The Labute approximate surface area is 203 Å². The minimum Gasteiger partial charge on any atom is -0.354 e. The van der Waals surface area contributed by atoms with Gasteiger partial charge in [0.05, 0.1) is 0 Å². The predicted octanol–water partition coefficient (Wildman–Crippen LogP) is 6.32. The normalized spacial score (nSPS) is 12.0. The molecule has 0 spiro atoms. The highest BCUT2D eigenvalue weighted by Gasteiger charge is 2.26. The number of nitrogens with one attached hydrogen (secondary N) is 1. The van der Waals surface area contributed by atoms with E-state index >= 15 is 0 Å². The van der Waals surface area contributed by atoms with Gasteiger partial charge in [-0.2, -0.15) is 0 Å². The third kappa shape index (κ3) is 8.57. The van der Waals surface area contributed by atoms with Gasteiger partial charge in [0.2, 0.25) is 11.8 Å². The lowest BCUT2D eigenvalue weighted by atomic mass is 10.1. The van der Waals surface area contributed by atoms with Gasteiger partial charge in [0.25, 0.3) is 0 Å². The Morgan fingerprint density at radius 2 is 1.65 bits per heavy atom. The zero-order valence-corrected chi connectivity index (χ0v) is 20.9. The highest BCUT2D eigenvalue weighted by molar-refractivity contribution is 7.99. The van der Waals surface area contributed by atoms with E-state index in [1.54, 1.807) is 41.8 Å². The van der Waals surface area contributed by atoms with Crippen molar-refractivity contribution < 1.29 is 9.59 Å². The Balaban J connectivity index is 2.09. The first-order valence-corrected chi connectivity index (χ1v) is 12.2. The molecule has 0 saturated heterocycles. The molecule has 1 N–H and O–H groups in total. The SMILES string of the molecule is CC(C)CNC(=O)[C@@H](C)N(Cc1ccc(Cl)cc1Cl)C(=O)CCSc1ccc(Cl)cc1. The van der Waals surface area contributed by atoms with Gasteiger partial charge >= 0.3 is 0 Å². The summed E-state index contributed by atoms with van der Waals surface area (Å²) in [5.74, 6) is 0.616. The average Bonchev–Trinajstić information content (AvgIpc) is 2.72. The summed E-state index contributed by atoms with van der Waals surface area (Å²) >= 11 is 19.8. The molecule has 2 aromatic carbocycles. The molecule has 0 unspecified atom stereocenters. The smallest absolute Gasteiger partial charge is 0.242 e. The summed E-state index contributed by atoms with van der Waals surface area (Å²) in [5.41, 5.74) is 0.744. The number of thioether (sulfide) groups is 1. The Morgan fingerprint density at radius 1 is 1.00 bits per heavy atom. The molecule has 2 aromatic rings. The topological polar surface area (TPSA) is 49.4 Å². The van der Waals surface area contributed by atoms with Gasteiger partial charge in [-0.3, -0.25) is 9.59 Å². The molecule has 2 amide bonds. The molecule has 8 heteroatoms. The van der Waals surface area contributed by atoms with Crippen LogP contribution >= 0.6 is 46.6 Å². The Bertz CT molecular complexity index is 891. The fourth-order valence-corrected chi connectivity index (χ4v) is 4.23. The largest absolute Gasteiger partial charge is 0.354 e. The molecule has 0 fully saturated rings. The fraction of sp³-hybridized carbons (Fsp3) is 0.391. The molecule has 0 saturated carbocycles. The monoisotopic (exact) mass is 500 g/mol. The van der Waals surface area contributed by atoms with Gasteiger partial charge < -0.3 is 10.2 Å². The summed E-state index contributed by atoms with van der Waals surface area (Å²) in [6, 6.07) is 12.0. The van der Waals surface area contributed by atoms with E-state index < -0.39 is 6.04 Å². The average molecular weight is 502 g/mol. The van der Waals surface area contributed by atoms with E-state index in [4.69, 9.17) is 34.8 Å². The maximum absolute atomic E-state index is 13.1. The number of hydrogen-bond donors (Lipinski definition) is 1. The number of carbonyl (C=O) groups is 2. The molecule has 0 aliphatic rings. The van der Waals surface area contributed by atoms with Crippen molar-refractivity contribution in [3.05, 3.63) is 63.1 Å². The van der Waals surface area contributed by atoms with Crippen LogP contribution in [0.15, 0.2) is 47.4 Å². The number of nitrogens with zero attached hydrogens (tertiary/aromatic N) is 1. The van der Waals surface area contributed by atoms with Crippen LogP contribution in [0, 0.1) is 5.92 Å². The molecule has 0 aromatic heterocycles. The highest BCUT2D eigenvalue weighted by Crippen LogP contribution is 2.25. The summed E-state index contributed by atoms with van der Waals surface area (Å²) in [4.78, 5) is 28.4. The summed E-state index contributed by atoms with van der Waals surface area (Å²) in [6.45, 7) is 6.57. The van der Waals surface area contributed by atoms with E-state index in [0.717, 1.165) is 10.5 Å². The Kier molecular flexibility index (Phi) is 10.5. The number of halogens is 3. The predicted molar refractivity (Wildman–Crippen MR) is 131 cm³/mol. The molecule has 4 nitrogen and oxygen atoms in total. The van der Waals surface area contributed by atoms with Crippen LogP contribution in [0.5, 0.6) is 0 Å². The minimum atomic E-state index is -0.626. The van der Waals surface area contributed by atoms with Gasteiger partial charge in [-0.25, -0.2) is 0 Å². The van der Waals surface area contributed by atoms with Crippen molar-refractivity contribution in [3.8, 4) is 0 Å². The van der Waals surface area contributed by atoms with Crippen LogP contribution in [0.1, 0.15) is 32.8 Å². The van der Waals surface area contributed by atoms with E-state index in [2.05, 4.69) is 5.32 Å². The van der Waals surface area contributed by atoms with E-state index in [-0.39, 0.29) is 18.4 Å². The fourth-order valence-electron chi connectivity index (χ4n) is 2.80. The van der Waals surface area contributed by atoms with Crippen molar-refractivity contribution in [1.82, 2.24) is 10.2 Å². The zero-order valence-electron chi connectivity index (χ0n) is 17.8. The van der Waals surface area contributed by atoms with Crippen molar-refractivity contribution in [2.75, 3.05) is 12.3 Å². The lowest BCUT2D eigenvalue weighted by Crippen LogP contribution is -2.48. The zero-order chi connectivity index (χ0) is 23.0. The van der Waals surface area contributed by atoms with Gasteiger partial charge in [0.15, 0.2) is 0 Å². The molecule has 1 atom stereocenters. The lowest BCUT2D eigenvalue weighted by Gasteiger charge is -2.29.